The molecule has 154 valence electrons. The van der Waals surface area contributed by atoms with E-state index in [9.17, 15) is 4.79 Å². The van der Waals surface area contributed by atoms with Gasteiger partial charge in [0.25, 0.3) is 5.91 Å². The molecule has 0 aromatic carbocycles. The van der Waals surface area contributed by atoms with Crippen LogP contribution in [0.4, 0.5) is 0 Å². The van der Waals surface area contributed by atoms with Crippen molar-refractivity contribution in [1.29, 1.82) is 0 Å². The van der Waals surface area contributed by atoms with Crippen LogP contribution in [0.5, 0.6) is 0 Å². The zero-order valence-corrected chi connectivity index (χ0v) is 18.2. The summed E-state index contributed by atoms with van der Waals surface area (Å²) in [5.41, 5.74) is 5.19. The van der Waals surface area contributed by atoms with Crippen LogP contribution in [0.2, 0.25) is 0 Å². The number of carbonyl (C=O) groups excluding carboxylic acids is 1. The largest absolute Gasteiger partial charge is 0.361 e. The summed E-state index contributed by atoms with van der Waals surface area (Å²) in [7, 11) is 1.89. The Morgan fingerprint density at radius 1 is 1.41 bits per heavy atom. The minimum Gasteiger partial charge on any atom is -0.361 e. The third-order valence-corrected chi connectivity index (χ3v) is 6.69. The van der Waals surface area contributed by atoms with Crippen molar-refractivity contribution in [2.24, 2.45) is 7.05 Å². The first kappa shape index (κ1) is 19.8. The fourth-order valence-corrected chi connectivity index (χ4v) is 5.06. The molecule has 3 aromatic heterocycles. The summed E-state index contributed by atoms with van der Waals surface area (Å²) >= 11 is 1.68. The Balaban J connectivity index is 1.45. The molecule has 1 atom stereocenters. The van der Waals surface area contributed by atoms with Crippen molar-refractivity contribution >= 4 is 17.2 Å². The average molecular weight is 414 g/mol. The Labute approximate surface area is 174 Å². The van der Waals surface area contributed by atoms with Gasteiger partial charge >= 0.3 is 0 Å². The highest BCUT2D eigenvalue weighted by Gasteiger charge is 2.26. The second kappa shape index (κ2) is 8.12. The van der Waals surface area contributed by atoms with Gasteiger partial charge in [-0.05, 0) is 32.3 Å². The summed E-state index contributed by atoms with van der Waals surface area (Å²) in [4.78, 5) is 16.7. The van der Waals surface area contributed by atoms with E-state index in [0.717, 1.165) is 55.1 Å². The minimum atomic E-state index is -0.0219. The second-order valence-electron chi connectivity index (χ2n) is 7.70. The number of hydrogen-bond donors (Lipinski definition) is 1. The molecule has 0 saturated heterocycles. The summed E-state index contributed by atoms with van der Waals surface area (Å²) < 4.78 is 7.06. The van der Waals surface area contributed by atoms with Gasteiger partial charge in [-0.15, -0.1) is 11.3 Å². The predicted molar refractivity (Wildman–Crippen MR) is 112 cm³/mol. The molecule has 0 fully saturated rings. The maximum Gasteiger partial charge on any atom is 0.252 e. The number of carbonyl (C=O) groups is 1. The number of nitrogens with zero attached hydrogens (tertiary/aromatic N) is 4. The van der Waals surface area contributed by atoms with Crippen LogP contribution in [0.3, 0.4) is 0 Å². The van der Waals surface area contributed by atoms with Crippen molar-refractivity contribution in [2.45, 2.75) is 52.7 Å². The molecule has 0 bridgehead atoms. The molecule has 29 heavy (non-hydrogen) atoms. The van der Waals surface area contributed by atoms with E-state index in [4.69, 9.17) is 4.52 Å². The van der Waals surface area contributed by atoms with Gasteiger partial charge in [0.1, 0.15) is 5.76 Å². The topological polar surface area (TPSA) is 76.2 Å². The lowest BCUT2D eigenvalue weighted by Crippen LogP contribution is -2.32. The minimum absolute atomic E-state index is 0.0115. The highest BCUT2D eigenvalue weighted by atomic mass is 32.1. The van der Waals surface area contributed by atoms with E-state index in [-0.39, 0.29) is 11.9 Å². The molecular weight excluding hydrogens is 386 g/mol. The van der Waals surface area contributed by atoms with Crippen molar-refractivity contribution in [2.75, 3.05) is 6.54 Å². The van der Waals surface area contributed by atoms with E-state index < -0.39 is 0 Å². The van der Waals surface area contributed by atoms with Gasteiger partial charge in [-0.3, -0.25) is 14.4 Å². The SMILES string of the molecule is CC[C@H](NC(=O)c1csc2c1CCN(Cc1c(C)noc1C)C2)c1cnn(C)c1. The Bertz CT molecular complexity index is 999. The Hall–Kier alpha value is -2.45. The molecule has 1 aliphatic rings. The summed E-state index contributed by atoms with van der Waals surface area (Å²) in [5.74, 6) is 0.901. The van der Waals surface area contributed by atoms with Crippen LogP contribution in [0.1, 0.15) is 62.8 Å². The van der Waals surface area contributed by atoms with E-state index in [1.165, 1.54) is 16.0 Å². The second-order valence-corrected chi connectivity index (χ2v) is 8.66. The fraction of sp³-hybridized carbons (Fsp3) is 0.476. The summed E-state index contributed by atoms with van der Waals surface area (Å²) in [6.45, 7) is 8.64. The van der Waals surface area contributed by atoms with Gasteiger partial charge in [0.15, 0.2) is 0 Å². The molecule has 0 saturated carbocycles. The molecule has 0 radical (unpaired) electrons. The van der Waals surface area contributed by atoms with E-state index in [1.54, 1.807) is 16.0 Å². The molecule has 3 aromatic rings. The lowest BCUT2D eigenvalue weighted by atomic mass is 10.0. The van der Waals surface area contributed by atoms with Crippen molar-refractivity contribution < 1.29 is 9.32 Å². The highest BCUT2D eigenvalue weighted by Crippen LogP contribution is 2.30. The van der Waals surface area contributed by atoms with E-state index in [2.05, 4.69) is 27.4 Å². The first-order chi connectivity index (χ1) is 14.0. The molecule has 1 N–H and O–H groups in total. The molecular formula is C21H27N5O2S. The zero-order chi connectivity index (χ0) is 20.5. The van der Waals surface area contributed by atoms with Crippen LogP contribution in [0, 0.1) is 13.8 Å². The van der Waals surface area contributed by atoms with Gasteiger partial charge in [-0.1, -0.05) is 12.1 Å². The Morgan fingerprint density at radius 2 is 2.24 bits per heavy atom. The monoisotopic (exact) mass is 413 g/mol. The van der Waals surface area contributed by atoms with E-state index in [0.29, 0.717) is 0 Å². The summed E-state index contributed by atoms with van der Waals surface area (Å²) in [6.07, 6.45) is 5.50. The number of nitrogens with one attached hydrogen (secondary N) is 1. The van der Waals surface area contributed by atoms with Crippen molar-refractivity contribution in [1.82, 2.24) is 25.2 Å². The molecule has 1 amide bonds. The van der Waals surface area contributed by atoms with Crippen LogP contribution >= 0.6 is 11.3 Å². The zero-order valence-electron chi connectivity index (χ0n) is 17.4. The smallest absolute Gasteiger partial charge is 0.252 e. The summed E-state index contributed by atoms with van der Waals surface area (Å²) in [6, 6.07) is -0.0219. The van der Waals surface area contributed by atoms with Crippen LogP contribution in [-0.2, 0) is 26.6 Å². The standard InChI is InChI=1S/C21H27N5O2S/c1-5-19(15-8-22-25(4)9-15)23-21(27)18-12-29-20-11-26(7-6-16(18)20)10-17-13(2)24-28-14(17)3/h8-9,12,19H,5-7,10-11H2,1-4H3,(H,23,27)/t19-/m0/s1. The Kier molecular flexibility index (Phi) is 5.56. The maximum atomic E-state index is 13.0. The number of thiophene rings is 1. The maximum absolute atomic E-state index is 13.0. The van der Waals surface area contributed by atoms with Gasteiger partial charge < -0.3 is 9.84 Å². The number of aromatic nitrogens is 3. The highest BCUT2D eigenvalue weighted by molar-refractivity contribution is 7.10. The number of amides is 1. The number of rotatable bonds is 6. The lowest BCUT2D eigenvalue weighted by Gasteiger charge is -2.27. The quantitative estimate of drug-likeness (QED) is 0.669. The third kappa shape index (κ3) is 4.00. The third-order valence-electron chi connectivity index (χ3n) is 5.67. The van der Waals surface area contributed by atoms with Gasteiger partial charge in [0.2, 0.25) is 0 Å². The fourth-order valence-electron chi connectivity index (χ4n) is 3.94. The van der Waals surface area contributed by atoms with Crippen LogP contribution < -0.4 is 5.32 Å². The normalized spacial score (nSPS) is 15.3. The van der Waals surface area contributed by atoms with Crippen LogP contribution in [0.15, 0.2) is 22.3 Å². The van der Waals surface area contributed by atoms with E-state index in [1.807, 2.05) is 38.7 Å². The predicted octanol–water partition coefficient (Wildman–Crippen LogP) is 3.53. The van der Waals surface area contributed by atoms with Crippen molar-refractivity contribution in [3.8, 4) is 0 Å². The lowest BCUT2D eigenvalue weighted by molar-refractivity contribution is 0.0934. The molecule has 0 aliphatic carbocycles. The number of hydrogen-bond acceptors (Lipinski definition) is 6. The average Bonchev–Trinajstić information content (AvgIpc) is 3.41. The first-order valence-electron chi connectivity index (χ1n) is 9.99. The Morgan fingerprint density at radius 3 is 2.90 bits per heavy atom. The molecule has 1 aliphatic heterocycles. The van der Waals surface area contributed by atoms with Gasteiger partial charge in [0.05, 0.1) is 23.5 Å². The molecule has 7 nitrogen and oxygen atoms in total. The number of aryl methyl sites for hydroxylation is 3. The molecule has 8 heteroatoms. The van der Waals surface area contributed by atoms with E-state index >= 15 is 0 Å². The van der Waals surface area contributed by atoms with Gasteiger partial charge in [-0.2, -0.15) is 5.10 Å². The molecule has 0 unspecified atom stereocenters. The van der Waals surface area contributed by atoms with Crippen molar-refractivity contribution in [3.05, 3.63) is 56.4 Å². The number of fused-ring (bicyclic) bond motifs is 1. The van der Waals surface area contributed by atoms with Crippen LogP contribution in [-0.4, -0.2) is 32.3 Å². The molecule has 4 heterocycles. The molecule has 0 spiro atoms. The van der Waals surface area contributed by atoms with Gasteiger partial charge in [-0.25, -0.2) is 0 Å². The first-order valence-corrected chi connectivity index (χ1v) is 10.9. The van der Waals surface area contributed by atoms with Gasteiger partial charge in [0, 0.05) is 54.3 Å². The molecule has 4 rings (SSSR count). The van der Waals surface area contributed by atoms with Crippen LogP contribution in [0.25, 0.3) is 0 Å². The summed E-state index contributed by atoms with van der Waals surface area (Å²) in [5, 5.41) is 13.5. The van der Waals surface area contributed by atoms with Crippen molar-refractivity contribution in [3.63, 3.8) is 0 Å².